The number of hydrogen-bond acceptors (Lipinski definition) is 6. The molecule has 0 radical (unpaired) electrons. The quantitative estimate of drug-likeness (QED) is 0.310. The van der Waals surface area contributed by atoms with Crippen molar-refractivity contribution in [3.05, 3.63) is 96.6 Å². The van der Waals surface area contributed by atoms with Gasteiger partial charge in [-0.2, -0.15) is 0 Å². The molecule has 3 N–H and O–H groups in total. The fourth-order valence-electron chi connectivity index (χ4n) is 3.19. The second-order valence-corrected chi connectivity index (χ2v) is 9.92. The molecule has 0 heterocycles. The second kappa shape index (κ2) is 10.5. The number of rotatable bonds is 7. The fraction of sp³-hybridized carbons (Fsp3) is 0.0400. The lowest BCUT2D eigenvalue weighted by atomic mass is 10.1. The topological polar surface area (TPSA) is 114 Å². The van der Waals surface area contributed by atoms with E-state index in [1.165, 1.54) is 67.6 Å². The first-order chi connectivity index (χ1) is 16.8. The first-order valence-electron chi connectivity index (χ1n) is 10.4. The molecule has 0 bridgehead atoms. The Morgan fingerprint density at radius 3 is 2.20 bits per heavy atom. The summed E-state index contributed by atoms with van der Waals surface area (Å²) in [6.07, 6.45) is 0. The monoisotopic (exact) mass is 507 g/mol. The molecule has 0 saturated heterocycles. The van der Waals surface area contributed by atoms with Crippen molar-refractivity contribution in [2.24, 2.45) is 0 Å². The highest BCUT2D eigenvalue weighted by atomic mass is 32.2. The Kier molecular flexibility index (Phi) is 7.23. The van der Waals surface area contributed by atoms with Gasteiger partial charge < -0.3 is 10.1 Å². The molecule has 10 heteroatoms. The van der Waals surface area contributed by atoms with Crippen LogP contribution in [0, 0.1) is 0 Å². The molecule has 0 aliphatic carbocycles. The minimum Gasteiger partial charge on any atom is -0.497 e. The summed E-state index contributed by atoms with van der Waals surface area (Å²) in [7, 11) is -2.58. The Hall–Kier alpha value is -4.02. The van der Waals surface area contributed by atoms with Gasteiger partial charge in [-0.05, 0) is 83.4 Å². The number of anilines is 1. The summed E-state index contributed by atoms with van der Waals surface area (Å²) >= 11 is 1.18. The van der Waals surface area contributed by atoms with Gasteiger partial charge in [0.05, 0.1) is 12.0 Å². The normalized spacial score (nSPS) is 11.0. The van der Waals surface area contributed by atoms with Gasteiger partial charge in [0.1, 0.15) is 5.75 Å². The van der Waals surface area contributed by atoms with Gasteiger partial charge in [-0.3, -0.25) is 9.52 Å². The van der Waals surface area contributed by atoms with Crippen molar-refractivity contribution in [1.29, 1.82) is 0 Å². The highest BCUT2D eigenvalue weighted by Gasteiger charge is 2.19. The average molecular weight is 508 g/mol. The third-order valence-electron chi connectivity index (χ3n) is 4.98. The summed E-state index contributed by atoms with van der Waals surface area (Å²) in [5.41, 5.74) is 0.565. The van der Waals surface area contributed by atoms with E-state index in [1.807, 2.05) is 47.2 Å². The number of amides is 3. The van der Waals surface area contributed by atoms with E-state index in [-0.39, 0.29) is 10.5 Å². The van der Waals surface area contributed by atoms with Crippen LogP contribution < -0.4 is 19.5 Å². The van der Waals surface area contributed by atoms with Gasteiger partial charge in [0, 0.05) is 16.1 Å². The van der Waals surface area contributed by atoms with Crippen LogP contribution in [0.1, 0.15) is 10.4 Å². The van der Waals surface area contributed by atoms with Gasteiger partial charge in [0.15, 0.2) is 0 Å². The van der Waals surface area contributed by atoms with E-state index in [0.717, 1.165) is 15.7 Å². The number of carbonyl (C=O) groups excluding carboxylic acids is 2. The van der Waals surface area contributed by atoms with E-state index < -0.39 is 22.0 Å². The van der Waals surface area contributed by atoms with Crippen LogP contribution in [0.15, 0.2) is 101 Å². The number of fused-ring (bicyclic) bond motifs is 1. The summed E-state index contributed by atoms with van der Waals surface area (Å²) < 4.78 is 34.6. The van der Waals surface area contributed by atoms with Crippen molar-refractivity contribution in [3.8, 4) is 5.75 Å². The third-order valence-corrected chi connectivity index (χ3v) is 7.11. The number of ether oxygens (including phenoxy) is 1. The highest BCUT2D eigenvalue weighted by Crippen LogP contribution is 2.22. The molecule has 0 fully saturated rings. The number of nitrogens with one attached hydrogen (secondary N) is 3. The SMILES string of the molecule is COc1ccc(S(=O)(=O)NC(=O)c2ccc(NC(=O)NSc3ccc4ccccc4c3)cc2)cc1. The third kappa shape index (κ3) is 6.11. The molecule has 0 aliphatic heterocycles. The van der Waals surface area contributed by atoms with Gasteiger partial charge >= 0.3 is 6.03 Å². The standard InChI is InChI=1S/C25H21N3O5S2/c1-33-21-11-14-23(15-12-21)35(31,32)28-24(29)18-6-9-20(10-7-18)26-25(30)27-34-22-13-8-17-4-2-3-5-19(17)16-22/h2-16H,1H3,(H,28,29)(H2,26,27,30). The molecule has 3 amide bonds. The molecule has 4 aromatic rings. The molecule has 8 nitrogen and oxygen atoms in total. The van der Waals surface area contributed by atoms with Crippen LogP contribution in [-0.4, -0.2) is 27.5 Å². The highest BCUT2D eigenvalue weighted by molar-refractivity contribution is 7.98. The van der Waals surface area contributed by atoms with Gasteiger partial charge in [0.25, 0.3) is 15.9 Å². The number of hydrogen-bond donors (Lipinski definition) is 3. The van der Waals surface area contributed by atoms with E-state index in [1.54, 1.807) is 0 Å². The van der Waals surface area contributed by atoms with Crippen molar-refractivity contribution in [3.63, 3.8) is 0 Å². The summed E-state index contributed by atoms with van der Waals surface area (Å²) in [6.45, 7) is 0. The predicted octanol–water partition coefficient (Wildman–Crippen LogP) is 4.80. The summed E-state index contributed by atoms with van der Waals surface area (Å²) in [4.78, 5) is 25.5. The van der Waals surface area contributed by atoms with Crippen molar-refractivity contribution in [2.45, 2.75) is 9.79 Å². The summed E-state index contributed by atoms with van der Waals surface area (Å²) in [6, 6.07) is 24.9. The molecule has 0 aliphatic rings. The van der Waals surface area contributed by atoms with E-state index in [9.17, 15) is 18.0 Å². The zero-order valence-electron chi connectivity index (χ0n) is 18.5. The second-order valence-electron chi connectivity index (χ2n) is 7.35. The first kappa shape index (κ1) is 24.1. The zero-order valence-corrected chi connectivity index (χ0v) is 20.2. The first-order valence-corrected chi connectivity index (χ1v) is 12.7. The Morgan fingerprint density at radius 2 is 1.51 bits per heavy atom. The van der Waals surface area contributed by atoms with Crippen molar-refractivity contribution >= 4 is 50.4 Å². The van der Waals surface area contributed by atoms with Gasteiger partial charge in [-0.1, -0.05) is 30.3 Å². The molecule has 0 atom stereocenters. The van der Waals surface area contributed by atoms with Crippen LogP contribution in [0.2, 0.25) is 0 Å². The number of methoxy groups -OCH3 is 1. The number of sulfonamides is 1. The molecule has 35 heavy (non-hydrogen) atoms. The Labute approximate surface area is 206 Å². The smallest absolute Gasteiger partial charge is 0.329 e. The molecular weight excluding hydrogens is 486 g/mol. The van der Waals surface area contributed by atoms with Crippen molar-refractivity contribution in [1.82, 2.24) is 9.44 Å². The lowest BCUT2D eigenvalue weighted by molar-refractivity contribution is 0.0981. The molecule has 0 saturated carbocycles. The number of urea groups is 1. The van der Waals surface area contributed by atoms with Crippen LogP contribution in [0.5, 0.6) is 5.75 Å². The fourth-order valence-corrected chi connectivity index (χ4v) is 4.75. The average Bonchev–Trinajstić information content (AvgIpc) is 2.87. The molecule has 4 rings (SSSR count). The van der Waals surface area contributed by atoms with Gasteiger partial charge in [0.2, 0.25) is 0 Å². The maximum Gasteiger partial charge on any atom is 0.329 e. The van der Waals surface area contributed by atoms with E-state index >= 15 is 0 Å². The minimum atomic E-state index is -4.05. The van der Waals surface area contributed by atoms with Crippen molar-refractivity contribution < 1.29 is 22.7 Å². The molecular formula is C25H21N3O5S2. The molecule has 0 unspecified atom stereocenters. The summed E-state index contributed by atoms with van der Waals surface area (Å²) in [5.74, 6) is -0.290. The Morgan fingerprint density at radius 1 is 0.829 bits per heavy atom. The summed E-state index contributed by atoms with van der Waals surface area (Å²) in [5, 5.41) is 4.85. The van der Waals surface area contributed by atoms with Crippen LogP contribution in [0.4, 0.5) is 10.5 Å². The predicted molar refractivity (Wildman–Crippen MR) is 136 cm³/mol. The van der Waals surface area contributed by atoms with E-state index in [0.29, 0.717) is 11.4 Å². The molecule has 0 spiro atoms. The van der Waals surface area contributed by atoms with Crippen LogP contribution >= 0.6 is 11.9 Å². The zero-order chi connectivity index (χ0) is 24.8. The minimum absolute atomic E-state index is 0.0643. The molecule has 0 aromatic heterocycles. The van der Waals surface area contributed by atoms with Gasteiger partial charge in [-0.15, -0.1) is 0 Å². The van der Waals surface area contributed by atoms with E-state index in [2.05, 4.69) is 10.0 Å². The maximum atomic E-state index is 12.4. The lowest BCUT2D eigenvalue weighted by Crippen LogP contribution is -2.30. The Balaban J connectivity index is 1.32. The van der Waals surface area contributed by atoms with Crippen LogP contribution in [0.25, 0.3) is 10.8 Å². The van der Waals surface area contributed by atoms with E-state index in [4.69, 9.17) is 4.74 Å². The van der Waals surface area contributed by atoms with Crippen LogP contribution in [-0.2, 0) is 10.0 Å². The largest absolute Gasteiger partial charge is 0.497 e. The number of benzene rings is 4. The van der Waals surface area contributed by atoms with Gasteiger partial charge in [-0.25, -0.2) is 17.9 Å². The molecule has 178 valence electrons. The number of carbonyl (C=O) groups is 2. The maximum absolute atomic E-state index is 12.4. The van der Waals surface area contributed by atoms with Crippen LogP contribution in [0.3, 0.4) is 0 Å². The Bertz CT molecular complexity index is 1470. The molecule has 4 aromatic carbocycles. The van der Waals surface area contributed by atoms with Crippen molar-refractivity contribution in [2.75, 3.05) is 12.4 Å². The lowest BCUT2D eigenvalue weighted by Gasteiger charge is -2.10.